The maximum absolute atomic E-state index is 10.6. The Morgan fingerprint density at radius 2 is 2.31 bits per heavy atom. The minimum atomic E-state index is -0.271. The van der Waals surface area contributed by atoms with Gasteiger partial charge in [-0.2, -0.15) is 0 Å². The van der Waals surface area contributed by atoms with Crippen LogP contribution in [0.2, 0.25) is 0 Å². The number of amides is 1. The van der Waals surface area contributed by atoms with Gasteiger partial charge in [0.25, 0.3) is 0 Å². The average Bonchev–Trinajstić information content (AvgIpc) is 2.06. The van der Waals surface area contributed by atoms with E-state index in [1.165, 1.54) is 0 Å². The minimum absolute atomic E-state index is 0.232. The van der Waals surface area contributed by atoms with Gasteiger partial charge < -0.3 is 10.8 Å². The van der Waals surface area contributed by atoms with Crippen molar-refractivity contribution in [3.63, 3.8) is 0 Å². The van der Waals surface area contributed by atoms with Crippen LogP contribution in [-0.4, -0.2) is 41.1 Å². The molecular formula is C9H18N2O2. The molecule has 0 radical (unpaired) electrons. The first-order valence-corrected chi connectivity index (χ1v) is 4.80. The Kier molecular flexibility index (Phi) is 3.69. The normalized spacial score (nSPS) is 30.3. The lowest BCUT2D eigenvalue weighted by Gasteiger charge is -2.35. The van der Waals surface area contributed by atoms with Gasteiger partial charge in [0.2, 0.25) is 5.91 Å². The van der Waals surface area contributed by atoms with Crippen LogP contribution in [0.1, 0.15) is 26.2 Å². The third kappa shape index (κ3) is 3.32. The highest BCUT2D eigenvalue weighted by Crippen LogP contribution is 2.16. The van der Waals surface area contributed by atoms with Crippen LogP contribution >= 0.6 is 0 Å². The Balaban J connectivity index is 2.33. The molecule has 3 N–H and O–H groups in total. The second-order valence-corrected chi connectivity index (χ2v) is 3.79. The van der Waals surface area contributed by atoms with Gasteiger partial charge >= 0.3 is 0 Å². The van der Waals surface area contributed by atoms with Crippen LogP contribution in [0.15, 0.2) is 0 Å². The summed E-state index contributed by atoms with van der Waals surface area (Å²) in [4.78, 5) is 12.7. The molecule has 0 aliphatic carbocycles. The monoisotopic (exact) mass is 186 g/mol. The summed E-state index contributed by atoms with van der Waals surface area (Å²) in [5.41, 5.74) is 5.06. The van der Waals surface area contributed by atoms with Gasteiger partial charge in [-0.15, -0.1) is 0 Å². The summed E-state index contributed by atoms with van der Waals surface area (Å²) >= 11 is 0. The third-order valence-electron chi connectivity index (χ3n) is 2.63. The quantitative estimate of drug-likeness (QED) is 0.636. The molecule has 2 atom stereocenters. The molecule has 4 heteroatoms. The van der Waals surface area contributed by atoms with E-state index < -0.39 is 0 Å². The Labute approximate surface area is 78.7 Å². The number of likely N-dealkylation sites (tertiary alicyclic amines) is 1. The summed E-state index contributed by atoms with van der Waals surface area (Å²) < 4.78 is 0. The van der Waals surface area contributed by atoms with E-state index >= 15 is 0 Å². The molecule has 0 aromatic heterocycles. The number of nitrogens with zero attached hydrogens (tertiary/aromatic N) is 1. The summed E-state index contributed by atoms with van der Waals surface area (Å²) in [5, 5.41) is 9.40. The van der Waals surface area contributed by atoms with Gasteiger partial charge in [0.1, 0.15) is 0 Å². The van der Waals surface area contributed by atoms with Crippen LogP contribution in [0.5, 0.6) is 0 Å². The molecule has 1 fully saturated rings. The number of carbonyl (C=O) groups excluding carboxylic acids is 1. The van der Waals surface area contributed by atoms with Crippen LogP contribution in [0, 0.1) is 0 Å². The molecule has 13 heavy (non-hydrogen) atoms. The number of β-amino-alcohol motifs (C(OH)–C–C–N with tert-alkyl or cyclic N) is 1. The second-order valence-electron chi connectivity index (χ2n) is 3.79. The number of aliphatic hydroxyl groups excluding tert-OH is 1. The highest BCUT2D eigenvalue weighted by Gasteiger charge is 2.23. The summed E-state index contributed by atoms with van der Waals surface area (Å²) in [6.45, 7) is 3.47. The fraction of sp³-hybridized carbons (Fsp3) is 0.889. The lowest BCUT2D eigenvalue weighted by molar-refractivity contribution is -0.118. The second kappa shape index (κ2) is 4.58. The lowest BCUT2D eigenvalue weighted by atomic mass is 10.0. The van der Waals surface area contributed by atoms with Crippen molar-refractivity contribution >= 4 is 5.91 Å². The van der Waals surface area contributed by atoms with Gasteiger partial charge in [-0.05, 0) is 19.8 Å². The van der Waals surface area contributed by atoms with E-state index in [-0.39, 0.29) is 12.0 Å². The molecule has 0 spiro atoms. The number of carbonyl (C=O) groups is 1. The molecule has 76 valence electrons. The van der Waals surface area contributed by atoms with Gasteiger partial charge in [0, 0.05) is 25.6 Å². The van der Waals surface area contributed by atoms with E-state index in [0.717, 1.165) is 12.8 Å². The van der Waals surface area contributed by atoms with E-state index in [0.29, 0.717) is 25.6 Å². The van der Waals surface area contributed by atoms with Crippen molar-refractivity contribution in [3.05, 3.63) is 0 Å². The first-order valence-electron chi connectivity index (χ1n) is 4.80. The van der Waals surface area contributed by atoms with E-state index in [1.807, 2.05) is 0 Å². The van der Waals surface area contributed by atoms with Gasteiger partial charge in [0.15, 0.2) is 0 Å². The number of piperidine rings is 1. The van der Waals surface area contributed by atoms with Crippen molar-refractivity contribution in [2.24, 2.45) is 5.73 Å². The van der Waals surface area contributed by atoms with Crippen molar-refractivity contribution in [2.75, 3.05) is 13.1 Å². The van der Waals surface area contributed by atoms with E-state index in [9.17, 15) is 9.90 Å². The molecule has 4 nitrogen and oxygen atoms in total. The number of aliphatic hydroxyl groups is 1. The Bertz CT molecular complexity index is 184. The molecule has 1 saturated heterocycles. The summed E-state index contributed by atoms with van der Waals surface area (Å²) in [5.74, 6) is -0.271. The van der Waals surface area contributed by atoms with Crippen molar-refractivity contribution in [1.82, 2.24) is 4.90 Å². The zero-order chi connectivity index (χ0) is 9.84. The molecule has 1 rings (SSSR count). The van der Waals surface area contributed by atoms with Crippen molar-refractivity contribution < 1.29 is 9.90 Å². The third-order valence-corrected chi connectivity index (χ3v) is 2.63. The fourth-order valence-electron chi connectivity index (χ4n) is 1.72. The molecule has 0 saturated carbocycles. The van der Waals surface area contributed by atoms with Gasteiger partial charge in [-0.1, -0.05) is 0 Å². The number of primary amides is 1. The van der Waals surface area contributed by atoms with Gasteiger partial charge in [-0.25, -0.2) is 0 Å². The van der Waals surface area contributed by atoms with Crippen LogP contribution in [-0.2, 0) is 4.79 Å². The van der Waals surface area contributed by atoms with Crippen molar-refractivity contribution in [3.8, 4) is 0 Å². The zero-order valence-corrected chi connectivity index (χ0v) is 8.07. The largest absolute Gasteiger partial charge is 0.392 e. The predicted molar refractivity (Wildman–Crippen MR) is 50.1 cm³/mol. The van der Waals surface area contributed by atoms with Crippen molar-refractivity contribution in [1.29, 1.82) is 0 Å². The number of nitrogens with two attached hydrogens (primary N) is 1. The SMILES string of the molecule is CC1CCC(O)CN1CCC(N)=O. The van der Waals surface area contributed by atoms with Crippen LogP contribution in [0.25, 0.3) is 0 Å². The predicted octanol–water partition coefficient (Wildman–Crippen LogP) is -0.293. The lowest BCUT2D eigenvalue weighted by Crippen LogP contribution is -2.45. The molecule has 0 aromatic rings. The molecule has 2 unspecified atom stereocenters. The minimum Gasteiger partial charge on any atom is -0.392 e. The molecular weight excluding hydrogens is 168 g/mol. The summed E-state index contributed by atoms with van der Waals surface area (Å²) in [6.07, 6.45) is 2.02. The highest BCUT2D eigenvalue weighted by molar-refractivity contribution is 5.73. The first-order chi connectivity index (χ1) is 6.09. The van der Waals surface area contributed by atoms with E-state index in [2.05, 4.69) is 11.8 Å². The molecule has 1 heterocycles. The Hall–Kier alpha value is -0.610. The van der Waals surface area contributed by atoms with Gasteiger partial charge in [-0.3, -0.25) is 9.69 Å². The van der Waals surface area contributed by atoms with E-state index in [1.54, 1.807) is 0 Å². The maximum atomic E-state index is 10.6. The zero-order valence-electron chi connectivity index (χ0n) is 8.07. The summed E-state index contributed by atoms with van der Waals surface area (Å²) in [7, 11) is 0. The highest BCUT2D eigenvalue weighted by atomic mass is 16.3. The molecule has 1 amide bonds. The number of hydrogen-bond donors (Lipinski definition) is 2. The number of hydrogen-bond acceptors (Lipinski definition) is 3. The van der Waals surface area contributed by atoms with Crippen LogP contribution in [0.3, 0.4) is 0 Å². The first kappa shape index (κ1) is 10.5. The standard InChI is InChI=1S/C9H18N2O2/c1-7-2-3-8(12)6-11(7)5-4-9(10)13/h7-8,12H,2-6H2,1H3,(H2,10,13). The molecule has 0 aromatic carbocycles. The van der Waals surface area contributed by atoms with Crippen LogP contribution < -0.4 is 5.73 Å². The maximum Gasteiger partial charge on any atom is 0.218 e. The van der Waals surface area contributed by atoms with Crippen molar-refractivity contribution in [2.45, 2.75) is 38.3 Å². The van der Waals surface area contributed by atoms with E-state index in [4.69, 9.17) is 5.73 Å². The summed E-state index contributed by atoms with van der Waals surface area (Å²) in [6, 6.07) is 0.461. The molecule has 1 aliphatic rings. The topological polar surface area (TPSA) is 66.6 Å². The molecule has 0 bridgehead atoms. The number of rotatable bonds is 3. The Morgan fingerprint density at radius 3 is 2.92 bits per heavy atom. The van der Waals surface area contributed by atoms with Gasteiger partial charge in [0.05, 0.1) is 6.10 Å². The average molecular weight is 186 g/mol. The molecule has 1 aliphatic heterocycles. The Morgan fingerprint density at radius 1 is 1.62 bits per heavy atom. The van der Waals surface area contributed by atoms with Crippen LogP contribution in [0.4, 0.5) is 0 Å². The fourth-order valence-corrected chi connectivity index (χ4v) is 1.72. The smallest absolute Gasteiger partial charge is 0.218 e.